The Hall–Kier alpha value is -3.96. The maximum Gasteiger partial charge on any atom is 0.387 e. The Kier molecular flexibility index (Phi) is 5.11. The lowest BCUT2D eigenvalue weighted by Gasteiger charge is -2.50. The van der Waals surface area contributed by atoms with Crippen molar-refractivity contribution in [1.82, 2.24) is 24.8 Å². The van der Waals surface area contributed by atoms with E-state index in [0.717, 1.165) is 22.2 Å². The van der Waals surface area contributed by atoms with Gasteiger partial charge in [-0.15, -0.1) is 0 Å². The predicted octanol–water partition coefficient (Wildman–Crippen LogP) is 3.82. The number of fused-ring (bicyclic) bond motifs is 9. The lowest BCUT2D eigenvalue weighted by Crippen LogP contribution is -2.56. The van der Waals surface area contributed by atoms with Crippen molar-refractivity contribution in [3.05, 3.63) is 71.6 Å². The van der Waals surface area contributed by atoms with Gasteiger partial charge in [-0.05, 0) is 54.5 Å². The zero-order valence-electron chi connectivity index (χ0n) is 21.1. The van der Waals surface area contributed by atoms with Gasteiger partial charge in [-0.1, -0.05) is 19.1 Å². The van der Waals surface area contributed by atoms with Crippen LogP contribution in [0.15, 0.2) is 48.8 Å². The first-order chi connectivity index (χ1) is 18.7. The van der Waals surface area contributed by atoms with Gasteiger partial charge in [0.25, 0.3) is 5.91 Å². The number of aromatic nitrogens is 4. The second kappa shape index (κ2) is 8.27. The monoisotopic (exact) mass is 532 g/mol. The molecule has 2 aromatic carbocycles. The molecular weight excluding hydrogens is 506 g/mol. The highest BCUT2D eigenvalue weighted by molar-refractivity contribution is 5.98. The smallest absolute Gasteiger partial charge is 0.387 e. The third-order valence-corrected chi connectivity index (χ3v) is 8.26. The molecule has 7 rings (SSSR count). The summed E-state index contributed by atoms with van der Waals surface area (Å²) in [6.07, 6.45) is 5.18. The average Bonchev–Trinajstić information content (AvgIpc) is 3.39. The van der Waals surface area contributed by atoms with Crippen LogP contribution in [0, 0.1) is 5.41 Å². The van der Waals surface area contributed by atoms with Gasteiger partial charge in [0.15, 0.2) is 0 Å². The van der Waals surface area contributed by atoms with Crippen LogP contribution in [0.1, 0.15) is 65.8 Å². The van der Waals surface area contributed by atoms with Gasteiger partial charge in [0, 0.05) is 35.7 Å². The summed E-state index contributed by atoms with van der Waals surface area (Å²) in [7, 11) is 0. The number of hydrogen-bond donors (Lipinski definition) is 3. The van der Waals surface area contributed by atoms with E-state index in [1.807, 2.05) is 29.7 Å². The Labute approximate surface area is 222 Å². The molecule has 0 saturated heterocycles. The van der Waals surface area contributed by atoms with E-state index in [1.165, 1.54) is 6.07 Å². The van der Waals surface area contributed by atoms with Gasteiger partial charge in [-0.3, -0.25) is 4.79 Å². The molecule has 0 radical (unpaired) electrons. The fourth-order valence-corrected chi connectivity index (χ4v) is 6.67. The quantitative estimate of drug-likeness (QED) is 0.357. The van der Waals surface area contributed by atoms with Crippen LogP contribution in [-0.2, 0) is 5.54 Å². The van der Waals surface area contributed by atoms with Gasteiger partial charge >= 0.3 is 6.61 Å². The first-order valence-electron chi connectivity index (χ1n) is 12.8. The highest BCUT2D eigenvalue weighted by Crippen LogP contribution is 2.51. The fraction of sp³-hybridized carbons (Fsp3) is 0.357. The number of ether oxygens (including phenoxy) is 1. The van der Waals surface area contributed by atoms with Crippen LogP contribution in [0.4, 0.5) is 8.78 Å². The lowest BCUT2D eigenvalue weighted by atomic mass is 9.58. The van der Waals surface area contributed by atoms with Crippen LogP contribution in [0.2, 0.25) is 0 Å². The van der Waals surface area contributed by atoms with Crippen LogP contribution in [0.3, 0.4) is 0 Å². The number of halogens is 2. The van der Waals surface area contributed by atoms with Gasteiger partial charge in [0.1, 0.15) is 17.4 Å². The first-order valence-corrected chi connectivity index (χ1v) is 12.8. The van der Waals surface area contributed by atoms with E-state index in [1.54, 1.807) is 24.5 Å². The van der Waals surface area contributed by atoms with Crippen molar-refractivity contribution in [1.29, 1.82) is 0 Å². The van der Waals surface area contributed by atoms with Gasteiger partial charge in [0.2, 0.25) is 0 Å². The molecule has 0 unspecified atom stereocenters. The molecule has 39 heavy (non-hydrogen) atoms. The summed E-state index contributed by atoms with van der Waals surface area (Å²) < 4.78 is 33.4. The molecule has 4 aromatic rings. The van der Waals surface area contributed by atoms with Crippen LogP contribution in [0.25, 0.3) is 22.2 Å². The maximum absolute atomic E-state index is 13.3. The number of nitrogens with zero attached hydrogens (tertiary/aromatic N) is 4. The Morgan fingerprint density at radius 3 is 2.69 bits per heavy atom. The summed E-state index contributed by atoms with van der Waals surface area (Å²) in [5, 5.41) is 12.6. The van der Waals surface area contributed by atoms with Crippen LogP contribution < -0.4 is 15.8 Å². The molecular formula is C28H26F2N6O3. The van der Waals surface area contributed by atoms with Gasteiger partial charge in [0.05, 0.1) is 28.7 Å². The molecule has 200 valence electrons. The fourth-order valence-electron chi connectivity index (χ4n) is 6.67. The molecule has 4 heterocycles. The molecule has 0 spiro atoms. The minimum Gasteiger partial charge on any atom is -0.434 e. The third-order valence-electron chi connectivity index (χ3n) is 8.26. The summed E-state index contributed by atoms with van der Waals surface area (Å²) in [4.78, 5) is 26.8. The van der Waals surface area contributed by atoms with Crippen LogP contribution in [0.5, 0.6) is 5.75 Å². The van der Waals surface area contributed by atoms with Gasteiger partial charge in [-0.2, -0.15) is 8.78 Å². The lowest BCUT2D eigenvalue weighted by molar-refractivity contribution is -0.0507. The second-order valence-corrected chi connectivity index (χ2v) is 11.2. The van der Waals surface area contributed by atoms with Crippen molar-refractivity contribution in [3.8, 4) is 16.9 Å². The van der Waals surface area contributed by atoms with Crippen molar-refractivity contribution >= 4 is 16.9 Å². The molecule has 2 bridgehead atoms. The number of imidazole rings is 1. The number of benzene rings is 2. The van der Waals surface area contributed by atoms with E-state index < -0.39 is 18.2 Å². The Morgan fingerprint density at radius 2 is 1.97 bits per heavy atom. The minimum absolute atomic E-state index is 0.0119. The molecule has 11 heteroatoms. The summed E-state index contributed by atoms with van der Waals surface area (Å²) in [6, 6.07) is 9.66. The van der Waals surface area contributed by atoms with Crippen molar-refractivity contribution in [2.45, 2.75) is 50.4 Å². The van der Waals surface area contributed by atoms with Gasteiger partial charge in [-0.25, -0.2) is 15.0 Å². The van der Waals surface area contributed by atoms with Crippen molar-refractivity contribution in [2.75, 3.05) is 6.61 Å². The zero-order valence-corrected chi connectivity index (χ0v) is 21.1. The summed E-state index contributed by atoms with van der Waals surface area (Å²) in [6.45, 7) is -0.945. The number of carbonyl (C=O) groups is 1. The number of hydrogen-bond acceptors (Lipinski definition) is 7. The number of aliphatic hydroxyl groups is 1. The molecule has 2 aliphatic heterocycles. The number of nitrogens with two attached hydrogens (primary N) is 1. The summed E-state index contributed by atoms with van der Waals surface area (Å²) in [5.41, 5.74) is 9.57. The van der Waals surface area contributed by atoms with E-state index in [0.29, 0.717) is 42.0 Å². The Morgan fingerprint density at radius 1 is 1.21 bits per heavy atom. The molecule has 2 atom stereocenters. The molecule has 4 N–H and O–H groups in total. The molecule has 3 aliphatic rings. The van der Waals surface area contributed by atoms with Crippen molar-refractivity contribution in [2.24, 2.45) is 11.1 Å². The number of rotatable bonds is 5. The number of nitrogens with one attached hydrogen (secondary N) is 1. The van der Waals surface area contributed by atoms with Crippen LogP contribution in [-0.4, -0.2) is 43.8 Å². The molecule has 2 aromatic heterocycles. The average molecular weight is 533 g/mol. The highest BCUT2D eigenvalue weighted by atomic mass is 19.3. The van der Waals surface area contributed by atoms with E-state index in [2.05, 4.69) is 15.3 Å². The third kappa shape index (κ3) is 3.64. The highest BCUT2D eigenvalue weighted by Gasteiger charge is 2.52. The van der Waals surface area contributed by atoms with E-state index in [4.69, 9.17) is 15.5 Å². The Bertz CT molecular complexity index is 1630. The minimum atomic E-state index is -3.02. The largest absolute Gasteiger partial charge is 0.434 e. The summed E-state index contributed by atoms with van der Waals surface area (Å²) in [5.74, 6) is 0.873. The number of aliphatic hydroxyl groups excluding tert-OH is 1. The van der Waals surface area contributed by atoms with Gasteiger partial charge < -0.3 is 25.5 Å². The zero-order chi connectivity index (χ0) is 27.1. The van der Waals surface area contributed by atoms with E-state index >= 15 is 0 Å². The first kappa shape index (κ1) is 24.1. The SMILES string of the molecule is CC1(CO)CC(N)(c2ncc(-c3ccc4nc5n(c4c3)[C@H]3C[C@@H]5NC(=O)c4cccc(OC(F)F)c43)cn2)C1. The molecule has 1 fully saturated rings. The predicted molar refractivity (Wildman–Crippen MR) is 137 cm³/mol. The van der Waals surface area contributed by atoms with E-state index in [9.17, 15) is 18.7 Å². The maximum atomic E-state index is 13.3. The van der Waals surface area contributed by atoms with Crippen molar-refractivity contribution < 1.29 is 23.4 Å². The normalized spacial score (nSPS) is 27.1. The molecule has 1 amide bonds. The number of amides is 1. The topological polar surface area (TPSA) is 128 Å². The van der Waals surface area contributed by atoms with Crippen molar-refractivity contribution in [3.63, 3.8) is 0 Å². The van der Waals surface area contributed by atoms with E-state index in [-0.39, 0.29) is 29.7 Å². The second-order valence-electron chi connectivity index (χ2n) is 11.2. The summed E-state index contributed by atoms with van der Waals surface area (Å²) >= 11 is 0. The molecule has 1 saturated carbocycles. The number of alkyl halides is 2. The standard InChI is InChI=1S/C28H26F2N6O3/c1-27(13-37)11-28(31,12-27)25-32-9-15(10-33-25)14-5-6-17-19(7-14)36-20-8-18(23(36)34-17)35-24(38)16-3-2-4-21(22(16)20)39-26(29)30/h2-7,9-10,18,20,26,37H,8,11-13,31H2,1H3,(H,35,38)/t18-,20-,27?,28?/m0/s1. The Balaban J connectivity index is 1.29. The number of carbonyl (C=O) groups excluding carboxylic acids is 1. The molecule has 1 aliphatic carbocycles. The van der Waals surface area contributed by atoms with Crippen LogP contribution >= 0.6 is 0 Å². The molecule has 9 nitrogen and oxygen atoms in total.